The first-order valence-corrected chi connectivity index (χ1v) is 11.9. The van der Waals surface area contributed by atoms with Gasteiger partial charge in [-0.3, -0.25) is 4.79 Å². The summed E-state index contributed by atoms with van der Waals surface area (Å²) in [5, 5.41) is 3.07. The summed E-state index contributed by atoms with van der Waals surface area (Å²) in [4.78, 5) is 19.1. The highest BCUT2D eigenvalue weighted by Gasteiger charge is 2.25. The second-order valence-electron chi connectivity index (χ2n) is 6.92. The van der Waals surface area contributed by atoms with Crippen LogP contribution < -0.4 is 9.64 Å². The number of rotatable bonds is 5. The molecule has 0 fully saturated rings. The van der Waals surface area contributed by atoms with Gasteiger partial charge in [0.05, 0.1) is 15.6 Å². The zero-order chi connectivity index (χ0) is 20.6. The number of thiazole rings is 1. The minimum absolute atomic E-state index is 0.106. The molecule has 29 heavy (non-hydrogen) atoms. The molecular formula is C21H20N2O4S2. The zero-order valence-corrected chi connectivity index (χ0v) is 17.7. The van der Waals surface area contributed by atoms with Crippen LogP contribution in [-0.2, 0) is 21.1 Å². The third-order valence-electron chi connectivity index (χ3n) is 4.81. The molecule has 0 bridgehead atoms. The van der Waals surface area contributed by atoms with E-state index in [9.17, 15) is 13.2 Å². The summed E-state index contributed by atoms with van der Waals surface area (Å²) in [5.41, 5.74) is 4.05. The van der Waals surface area contributed by atoms with E-state index < -0.39 is 9.84 Å². The van der Waals surface area contributed by atoms with E-state index in [0.717, 1.165) is 40.2 Å². The number of hydrogen-bond donors (Lipinski definition) is 0. The maximum Gasteiger partial charge on any atom is 0.264 e. The molecule has 0 unspecified atom stereocenters. The monoisotopic (exact) mass is 428 g/mol. The van der Waals surface area contributed by atoms with E-state index in [-0.39, 0.29) is 17.4 Å². The predicted molar refractivity (Wildman–Crippen MR) is 113 cm³/mol. The van der Waals surface area contributed by atoms with Gasteiger partial charge >= 0.3 is 0 Å². The number of carbonyl (C=O) groups is 1. The first-order valence-electron chi connectivity index (χ1n) is 9.10. The SMILES string of the molecule is Cc1nc(-c2ccc3c(c2)CCN3C(=O)COc2ccc(S(C)(=O)=O)cc2)cs1. The summed E-state index contributed by atoms with van der Waals surface area (Å²) < 4.78 is 28.6. The smallest absolute Gasteiger partial charge is 0.264 e. The maximum atomic E-state index is 12.7. The number of anilines is 1. The molecule has 0 radical (unpaired) electrons. The van der Waals surface area contributed by atoms with Crippen molar-refractivity contribution in [1.82, 2.24) is 4.98 Å². The topological polar surface area (TPSA) is 76.6 Å². The summed E-state index contributed by atoms with van der Waals surface area (Å²) in [7, 11) is -3.25. The molecule has 6 nitrogen and oxygen atoms in total. The Morgan fingerprint density at radius 2 is 1.97 bits per heavy atom. The van der Waals surface area contributed by atoms with E-state index in [2.05, 4.69) is 11.1 Å². The Bertz CT molecular complexity index is 1170. The predicted octanol–water partition coefficient (Wildman–Crippen LogP) is 3.49. The van der Waals surface area contributed by atoms with Crippen molar-refractivity contribution < 1.29 is 17.9 Å². The summed E-state index contributed by atoms with van der Waals surface area (Å²) >= 11 is 1.62. The Morgan fingerprint density at radius 3 is 2.62 bits per heavy atom. The Balaban J connectivity index is 1.43. The molecule has 0 N–H and O–H groups in total. The number of hydrogen-bond acceptors (Lipinski definition) is 6. The van der Waals surface area contributed by atoms with Crippen LogP contribution in [0.25, 0.3) is 11.3 Å². The molecule has 0 atom stereocenters. The minimum Gasteiger partial charge on any atom is -0.484 e. The second kappa shape index (κ2) is 7.61. The van der Waals surface area contributed by atoms with Gasteiger partial charge in [0, 0.05) is 29.4 Å². The molecule has 1 aliphatic heterocycles. The number of amides is 1. The first kappa shape index (κ1) is 19.6. The third-order valence-corrected chi connectivity index (χ3v) is 6.71. The van der Waals surface area contributed by atoms with Crippen LogP contribution in [0.3, 0.4) is 0 Å². The van der Waals surface area contributed by atoms with Gasteiger partial charge in [-0.1, -0.05) is 6.07 Å². The van der Waals surface area contributed by atoms with Crippen LogP contribution in [0.4, 0.5) is 5.69 Å². The van der Waals surface area contributed by atoms with Crippen molar-refractivity contribution >= 4 is 32.8 Å². The highest BCUT2D eigenvalue weighted by Crippen LogP contribution is 2.33. The molecule has 0 saturated carbocycles. The lowest BCUT2D eigenvalue weighted by molar-refractivity contribution is -0.120. The van der Waals surface area contributed by atoms with Gasteiger partial charge in [0.25, 0.3) is 5.91 Å². The normalized spacial score (nSPS) is 13.4. The van der Waals surface area contributed by atoms with E-state index in [1.165, 1.54) is 12.1 Å². The van der Waals surface area contributed by atoms with Crippen molar-refractivity contribution in [3.05, 3.63) is 58.4 Å². The fraction of sp³-hybridized carbons (Fsp3) is 0.238. The number of nitrogens with zero attached hydrogens (tertiary/aromatic N) is 2. The van der Waals surface area contributed by atoms with Gasteiger partial charge in [-0.25, -0.2) is 13.4 Å². The van der Waals surface area contributed by atoms with Crippen molar-refractivity contribution in [2.45, 2.75) is 18.2 Å². The van der Waals surface area contributed by atoms with Crippen molar-refractivity contribution in [1.29, 1.82) is 0 Å². The standard InChI is InChI=1S/C21H20N2O4S2/c1-14-22-19(13-28-14)15-3-8-20-16(11-15)9-10-23(20)21(24)12-27-17-4-6-18(7-5-17)29(2,25)26/h3-8,11,13H,9-10,12H2,1-2H3. The van der Waals surface area contributed by atoms with Crippen molar-refractivity contribution in [3.63, 3.8) is 0 Å². The van der Waals surface area contributed by atoms with Crippen LogP contribution in [0.2, 0.25) is 0 Å². The van der Waals surface area contributed by atoms with Crippen LogP contribution in [-0.4, -0.2) is 38.7 Å². The van der Waals surface area contributed by atoms with Crippen LogP contribution in [0.5, 0.6) is 5.75 Å². The zero-order valence-electron chi connectivity index (χ0n) is 16.1. The minimum atomic E-state index is -3.25. The van der Waals surface area contributed by atoms with Gasteiger partial charge in [0.2, 0.25) is 0 Å². The molecule has 2 aromatic carbocycles. The van der Waals surface area contributed by atoms with E-state index >= 15 is 0 Å². The number of aromatic nitrogens is 1. The van der Waals surface area contributed by atoms with Crippen LogP contribution in [0, 0.1) is 6.92 Å². The quantitative estimate of drug-likeness (QED) is 0.622. The number of fused-ring (bicyclic) bond motifs is 1. The van der Waals surface area contributed by atoms with Gasteiger partial charge in [-0.2, -0.15) is 0 Å². The average molecular weight is 429 g/mol. The lowest BCUT2D eigenvalue weighted by atomic mass is 10.1. The Hall–Kier alpha value is -2.71. The number of benzene rings is 2. The summed E-state index contributed by atoms with van der Waals surface area (Å²) in [5.74, 6) is 0.326. The molecule has 4 rings (SSSR count). The molecule has 0 aliphatic carbocycles. The molecule has 1 amide bonds. The van der Waals surface area contributed by atoms with Gasteiger partial charge < -0.3 is 9.64 Å². The summed E-state index contributed by atoms with van der Waals surface area (Å²) in [6.07, 6.45) is 1.94. The molecule has 0 spiro atoms. The lowest BCUT2D eigenvalue weighted by Gasteiger charge is -2.18. The molecule has 150 valence electrons. The van der Waals surface area contributed by atoms with Crippen LogP contribution in [0.15, 0.2) is 52.7 Å². The highest BCUT2D eigenvalue weighted by atomic mass is 32.2. The number of ether oxygens (including phenoxy) is 1. The molecular weight excluding hydrogens is 408 g/mol. The second-order valence-corrected chi connectivity index (χ2v) is 10.0. The van der Waals surface area contributed by atoms with E-state index in [1.807, 2.05) is 24.4 Å². The van der Waals surface area contributed by atoms with Crippen LogP contribution >= 0.6 is 11.3 Å². The van der Waals surface area contributed by atoms with Crippen LogP contribution in [0.1, 0.15) is 10.6 Å². The first-order chi connectivity index (χ1) is 13.8. The number of aryl methyl sites for hydroxylation is 1. The largest absolute Gasteiger partial charge is 0.484 e. The van der Waals surface area contributed by atoms with Gasteiger partial charge in [-0.15, -0.1) is 11.3 Å². The number of sulfone groups is 1. The Labute approximate surface area is 173 Å². The molecule has 0 saturated heterocycles. The van der Waals surface area contributed by atoms with Crippen molar-refractivity contribution in [2.24, 2.45) is 0 Å². The molecule has 1 aliphatic rings. The van der Waals surface area contributed by atoms with Crippen molar-refractivity contribution in [2.75, 3.05) is 24.3 Å². The van der Waals surface area contributed by atoms with Gasteiger partial charge in [0.1, 0.15) is 5.75 Å². The van der Waals surface area contributed by atoms with E-state index in [4.69, 9.17) is 4.74 Å². The summed E-state index contributed by atoms with van der Waals surface area (Å²) in [6.45, 7) is 2.49. The molecule has 2 heterocycles. The average Bonchev–Trinajstić information content (AvgIpc) is 3.31. The maximum absolute atomic E-state index is 12.7. The third kappa shape index (κ3) is 4.18. The Morgan fingerprint density at radius 1 is 1.21 bits per heavy atom. The molecule has 8 heteroatoms. The molecule has 3 aromatic rings. The highest BCUT2D eigenvalue weighted by molar-refractivity contribution is 7.90. The van der Waals surface area contributed by atoms with Gasteiger partial charge in [-0.05, 0) is 55.3 Å². The Kier molecular flexibility index (Phi) is 5.14. The fourth-order valence-electron chi connectivity index (χ4n) is 3.32. The lowest BCUT2D eigenvalue weighted by Crippen LogP contribution is -2.33. The van der Waals surface area contributed by atoms with Crippen molar-refractivity contribution in [3.8, 4) is 17.0 Å². The van der Waals surface area contributed by atoms with Gasteiger partial charge in [0.15, 0.2) is 16.4 Å². The van der Waals surface area contributed by atoms with E-state index in [0.29, 0.717) is 12.3 Å². The summed E-state index contributed by atoms with van der Waals surface area (Å²) in [6, 6.07) is 12.1. The fourth-order valence-corrected chi connectivity index (χ4v) is 4.57. The van der Waals surface area contributed by atoms with E-state index in [1.54, 1.807) is 28.4 Å². The molecule has 1 aromatic heterocycles. The number of carbonyl (C=O) groups excluding carboxylic acids is 1.